The van der Waals surface area contributed by atoms with Crippen molar-refractivity contribution in [2.75, 3.05) is 47.4 Å². The minimum Gasteiger partial charge on any atom is -0.352 e. The molecule has 0 aliphatic carbocycles. The number of anilines is 6. The third-order valence-corrected chi connectivity index (χ3v) is 11.3. The number of amides is 2. The maximum absolute atomic E-state index is 13.3. The fraction of sp³-hybridized carbons (Fsp3) is 0.227. The van der Waals surface area contributed by atoms with E-state index in [1.165, 1.54) is 36.4 Å². The fourth-order valence-electron chi connectivity index (χ4n) is 6.22. The maximum Gasteiger partial charge on any atom is 0.295 e. The Morgan fingerprint density at radius 1 is 0.544 bits per heavy atom. The van der Waals surface area contributed by atoms with Crippen molar-refractivity contribution in [3.05, 3.63) is 131 Å². The van der Waals surface area contributed by atoms with E-state index in [0.717, 1.165) is 25.5 Å². The number of alkyl halides is 2. The molecule has 2 amide bonds. The Balaban J connectivity index is 1.24. The largest absolute Gasteiger partial charge is 0.352 e. The number of benzene rings is 4. The minimum absolute atomic E-state index is 0.0243. The Morgan fingerprint density at radius 2 is 1.00 bits per heavy atom. The van der Waals surface area contributed by atoms with Crippen molar-refractivity contribution in [1.29, 1.82) is 0 Å². The molecule has 2 aromatic heterocycles. The van der Waals surface area contributed by atoms with Crippen molar-refractivity contribution < 1.29 is 44.3 Å². The molecule has 0 bridgehead atoms. The van der Waals surface area contributed by atoms with E-state index in [1.807, 2.05) is 36.4 Å². The Morgan fingerprint density at radius 3 is 1.53 bits per heavy atom. The molecule has 0 aliphatic heterocycles. The number of hydrogen-bond donors (Lipinski definition) is 8. The van der Waals surface area contributed by atoms with Gasteiger partial charge in [0, 0.05) is 50.4 Å². The van der Waals surface area contributed by atoms with Crippen LogP contribution in [0.1, 0.15) is 47.8 Å². The molecule has 0 fully saturated rings. The van der Waals surface area contributed by atoms with Gasteiger partial charge >= 0.3 is 0 Å². The summed E-state index contributed by atoms with van der Waals surface area (Å²) in [7, 11) is -9.79. The van der Waals surface area contributed by atoms with Crippen LogP contribution in [-0.4, -0.2) is 106 Å². The van der Waals surface area contributed by atoms with Gasteiger partial charge in [-0.25, -0.2) is 13.8 Å². The Kier molecular flexibility index (Phi) is 16.7. The van der Waals surface area contributed by atoms with E-state index in [0.29, 0.717) is 23.5 Å². The Hall–Kier alpha value is -7.54. The van der Waals surface area contributed by atoms with Gasteiger partial charge in [0.1, 0.15) is 21.4 Å². The monoisotopic (exact) mass is 972 g/mol. The van der Waals surface area contributed by atoms with Crippen molar-refractivity contribution in [3.63, 3.8) is 0 Å². The number of halogens is 2. The normalized spacial score (nSPS) is 12.5. The lowest BCUT2D eigenvalue weighted by Crippen LogP contribution is -2.34. The number of nitrogens with zero attached hydrogens (tertiary/aromatic N) is 6. The third kappa shape index (κ3) is 15.0. The quantitative estimate of drug-likeness (QED) is 0.0248. The van der Waals surface area contributed by atoms with Crippen LogP contribution < -0.4 is 31.9 Å². The van der Waals surface area contributed by atoms with Gasteiger partial charge in [-0.1, -0.05) is 78.9 Å². The van der Waals surface area contributed by atoms with E-state index in [9.17, 15) is 44.3 Å². The predicted octanol–water partition coefficient (Wildman–Crippen LogP) is 5.16. The molecule has 4 aromatic carbocycles. The number of rotatable bonds is 22. The first-order valence-corrected chi connectivity index (χ1v) is 23.6. The zero-order chi connectivity index (χ0) is 48.8. The van der Waals surface area contributed by atoms with Gasteiger partial charge < -0.3 is 31.9 Å². The van der Waals surface area contributed by atoms with Crippen LogP contribution in [-0.2, 0) is 42.7 Å². The van der Waals surface area contributed by atoms with Crippen LogP contribution in [0.15, 0.2) is 107 Å². The number of nitrogens with one attached hydrogen (secondary N) is 6. The fourth-order valence-corrected chi connectivity index (χ4v) is 7.66. The molecule has 0 saturated carbocycles. The molecule has 356 valence electrons. The molecule has 24 heteroatoms. The van der Waals surface area contributed by atoms with Gasteiger partial charge in [0.2, 0.25) is 23.8 Å². The summed E-state index contributed by atoms with van der Waals surface area (Å²) >= 11 is 0. The van der Waals surface area contributed by atoms with E-state index in [4.69, 9.17) is 0 Å². The second-order valence-corrected chi connectivity index (χ2v) is 17.6. The van der Waals surface area contributed by atoms with Crippen LogP contribution in [0.4, 0.5) is 43.9 Å². The zero-order valence-electron chi connectivity index (χ0n) is 36.4. The first kappa shape index (κ1) is 49.9. The van der Waals surface area contributed by atoms with E-state index in [2.05, 4.69) is 61.8 Å². The first-order valence-electron chi connectivity index (χ1n) is 20.7. The summed E-state index contributed by atoms with van der Waals surface area (Å²) in [4.78, 5) is 48.7. The molecule has 20 nitrogen and oxygen atoms in total. The van der Waals surface area contributed by atoms with Gasteiger partial charge in [-0.15, -0.1) is 0 Å². The highest BCUT2D eigenvalue weighted by atomic mass is 32.2. The highest BCUT2D eigenvalue weighted by Crippen LogP contribution is 2.27. The summed E-state index contributed by atoms with van der Waals surface area (Å²) in [6.45, 7) is 2.60. The number of aromatic nitrogens is 6. The number of carbonyl (C=O) groups excluding carboxylic acids is 2. The minimum atomic E-state index is -4.92. The SMILES string of the molecule is CC(F)C(=O)NCCNc1nc(Cc2ccccc2)nc(Cc2ccc(/C=C/c3ccc(Nc4nc(NCCNC(=O)C(C)F)nc(Nc5ccccc5)n4)cc3S(=O)(=O)O)c(S(=O)(=O)O)c2)n1. The predicted molar refractivity (Wildman–Crippen MR) is 250 cm³/mol. The molecule has 68 heavy (non-hydrogen) atoms. The average Bonchev–Trinajstić information content (AvgIpc) is 3.28. The molecular weight excluding hydrogens is 927 g/mol. The molecule has 6 aromatic rings. The van der Waals surface area contributed by atoms with E-state index in [1.54, 1.807) is 30.3 Å². The van der Waals surface area contributed by atoms with Gasteiger partial charge in [0.15, 0.2) is 12.3 Å². The van der Waals surface area contributed by atoms with Crippen LogP contribution in [0.5, 0.6) is 0 Å². The molecule has 2 atom stereocenters. The smallest absolute Gasteiger partial charge is 0.295 e. The van der Waals surface area contributed by atoms with E-state index in [-0.39, 0.29) is 79.0 Å². The van der Waals surface area contributed by atoms with Crippen LogP contribution in [0.3, 0.4) is 0 Å². The lowest BCUT2D eigenvalue weighted by atomic mass is 10.1. The summed E-state index contributed by atoms with van der Waals surface area (Å²) in [6.07, 6.45) is -0.601. The third-order valence-electron chi connectivity index (χ3n) is 9.44. The molecule has 0 saturated heterocycles. The Bertz CT molecular complexity index is 2790. The van der Waals surface area contributed by atoms with Gasteiger partial charge in [0.05, 0.1) is 0 Å². The second kappa shape index (κ2) is 22.8. The molecule has 0 spiro atoms. The van der Waals surface area contributed by atoms with Crippen LogP contribution >= 0.6 is 0 Å². The van der Waals surface area contributed by atoms with Crippen LogP contribution in [0.25, 0.3) is 12.2 Å². The summed E-state index contributed by atoms with van der Waals surface area (Å²) < 4.78 is 98.2. The highest BCUT2D eigenvalue weighted by molar-refractivity contribution is 7.86. The van der Waals surface area contributed by atoms with Gasteiger partial charge in [-0.05, 0) is 66.4 Å². The van der Waals surface area contributed by atoms with Crippen molar-refractivity contribution in [2.24, 2.45) is 0 Å². The Labute approximate surface area is 390 Å². The van der Waals surface area contributed by atoms with Crippen molar-refractivity contribution >= 4 is 79.4 Å². The lowest BCUT2D eigenvalue weighted by molar-refractivity contribution is -0.125. The van der Waals surface area contributed by atoms with Crippen molar-refractivity contribution in [3.8, 4) is 0 Å². The van der Waals surface area contributed by atoms with Crippen LogP contribution in [0, 0.1) is 0 Å². The molecule has 2 heterocycles. The van der Waals surface area contributed by atoms with Gasteiger partial charge in [-0.3, -0.25) is 18.7 Å². The van der Waals surface area contributed by atoms with Gasteiger partial charge in [-0.2, -0.15) is 41.8 Å². The first-order chi connectivity index (χ1) is 32.4. The summed E-state index contributed by atoms with van der Waals surface area (Å²) in [5.74, 6) is -0.772. The summed E-state index contributed by atoms with van der Waals surface area (Å²) in [5.41, 5.74) is 1.90. The molecule has 2 unspecified atom stereocenters. The number of carbonyl (C=O) groups is 2. The second-order valence-electron chi connectivity index (χ2n) is 14.8. The number of para-hydroxylation sites is 1. The molecule has 6 rings (SSSR count). The van der Waals surface area contributed by atoms with Crippen LogP contribution in [0.2, 0.25) is 0 Å². The topological polar surface area (TPSA) is 292 Å². The summed E-state index contributed by atoms with van der Waals surface area (Å²) in [6, 6.07) is 26.3. The molecule has 0 aliphatic rings. The maximum atomic E-state index is 13.3. The van der Waals surface area contributed by atoms with Crippen molar-refractivity contribution in [1.82, 2.24) is 40.5 Å². The molecule has 8 N–H and O–H groups in total. The average molecular weight is 973 g/mol. The standard InChI is InChI=1S/C44H46F2N12O8S2/c1-27(45)39(59)47-19-21-49-41-54-37(24-29-9-5-3-6-10-29)53-38(55-41)25-30-13-14-31(35(23-30)67(61,62)63)15-16-32-17-18-34(26-36(32)68(64,65)66)52-44-57-42(50-22-20-48-40(60)28(2)46)56-43(58-44)51-33-11-7-4-8-12-33/h3-18,23,26-28H,19-22,24-25H2,1-2H3,(H,47,59)(H,48,60)(H,61,62,63)(H,64,65,66)(H,49,53,54,55)(H3,50,51,52,56,57,58)/b16-15+. The highest BCUT2D eigenvalue weighted by Gasteiger charge is 2.20. The number of hydrogen-bond acceptors (Lipinski definition) is 16. The summed E-state index contributed by atoms with van der Waals surface area (Å²) in [5, 5.41) is 16.7. The molecular formula is C44H46F2N12O8S2. The molecule has 0 radical (unpaired) electrons. The van der Waals surface area contributed by atoms with E-state index < -0.39 is 54.2 Å². The van der Waals surface area contributed by atoms with Crippen molar-refractivity contribution in [2.45, 2.75) is 48.8 Å². The zero-order valence-corrected chi connectivity index (χ0v) is 38.0. The van der Waals surface area contributed by atoms with E-state index >= 15 is 0 Å². The van der Waals surface area contributed by atoms with Gasteiger partial charge in [0.25, 0.3) is 32.1 Å². The lowest BCUT2D eigenvalue weighted by Gasteiger charge is -2.13.